The summed E-state index contributed by atoms with van der Waals surface area (Å²) in [5.74, 6) is 1.28. The molecule has 2 N–H and O–H groups in total. The summed E-state index contributed by atoms with van der Waals surface area (Å²) in [4.78, 5) is 16.7. The van der Waals surface area contributed by atoms with Crippen LogP contribution >= 0.6 is 22.6 Å². The number of methoxy groups -OCH3 is 1. The lowest BCUT2D eigenvalue weighted by atomic mass is 10.4. The third-order valence-corrected chi connectivity index (χ3v) is 3.17. The van der Waals surface area contributed by atoms with Gasteiger partial charge in [0, 0.05) is 19.5 Å². The van der Waals surface area contributed by atoms with Gasteiger partial charge in [0.25, 0.3) is 0 Å². The van der Waals surface area contributed by atoms with Gasteiger partial charge in [-0.15, -0.1) is 0 Å². The van der Waals surface area contributed by atoms with Gasteiger partial charge in [-0.05, 0) is 28.7 Å². The number of rotatable bonds is 3. The highest BCUT2D eigenvalue weighted by Crippen LogP contribution is 2.20. The zero-order valence-corrected chi connectivity index (χ0v) is 11.2. The first-order valence-electron chi connectivity index (χ1n) is 4.80. The minimum absolute atomic E-state index is 0.380. The van der Waals surface area contributed by atoms with E-state index in [1.165, 1.54) is 0 Å². The molecule has 0 fully saturated rings. The highest BCUT2D eigenvalue weighted by atomic mass is 127. The minimum Gasteiger partial charge on any atom is -0.383 e. The lowest BCUT2D eigenvalue weighted by molar-refractivity contribution is 0.181. The number of hydrogen-bond acceptors (Lipinski definition) is 6. The van der Waals surface area contributed by atoms with Crippen LogP contribution in [0.2, 0.25) is 0 Å². The van der Waals surface area contributed by atoms with Crippen molar-refractivity contribution < 1.29 is 4.74 Å². The molecule has 6 nitrogen and oxygen atoms in total. The molecule has 0 bridgehead atoms. The number of halogens is 1. The molecule has 17 heavy (non-hydrogen) atoms. The second kappa shape index (κ2) is 5.32. The molecule has 0 saturated carbocycles. The summed E-state index contributed by atoms with van der Waals surface area (Å²) in [5.41, 5.74) is 6.56. The molecular weight excluding hydrogens is 333 g/mol. The van der Waals surface area contributed by atoms with Gasteiger partial charge in [-0.1, -0.05) is 0 Å². The number of hydrogen-bond donors (Lipinski definition) is 1. The fraction of sp³-hybridized carbons (Fsp3) is 0.200. The molecule has 2 heterocycles. The first-order valence-corrected chi connectivity index (χ1v) is 5.88. The van der Waals surface area contributed by atoms with Crippen molar-refractivity contribution in [3.05, 3.63) is 27.7 Å². The maximum Gasteiger partial charge on any atom is 0.200 e. The summed E-state index contributed by atoms with van der Waals surface area (Å²) in [7, 11) is 1.60. The van der Waals surface area contributed by atoms with E-state index >= 15 is 0 Å². The van der Waals surface area contributed by atoms with Crippen molar-refractivity contribution >= 4 is 28.4 Å². The normalized spacial score (nSPS) is 10.5. The highest BCUT2D eigenvalue weighted by molar-refractivity contribution is 14.1. The summed E-state index contributed by atoms with van der Waals surface area (Å²) in [6.07, 6.45) is 3.27. The van der Waals surface area contributed by atoms with Gasteiger partial charge in [0.2, 0.25) is 0 Å². The van der Waals surface area contributed by atoms with E-state index in [-0.39, 0.29) is 0 Å². The van der Waals surface area contributed by atoms with Gasteiger partial charge in [-0.2, -0.15) is 0 Å². The van der Waals surface area contributed by atoms with Crippen LogP contribution in [0, 0.1) is 3.57 Å². The van der Waals surface area contributed by atoms with E-state index in [0.717, 1.165) is 9.26 Å². The number of anilines is 1. The Hall–Kier alpha value is -1.35. The molecule has 2 aromatic rings. The average Bonchev–Trinajstić information content (AvgIpc) is 2.36. The van der Waals surface area contributed by atoms with Crippen LogP contribution in [0.4, 0.5) is 5.82 Å². The number of nitrogens with zero attached hydrogens (tertiary/aromatic N) is 4. The van der Waals surface area contributed by atoms with Crippen LogP contribution in [0.15, 0.2) is 18.5 Å². The monoisotopic (exact) mass is 343 g/mol. The molecule has 0 aliphatic heterocycles. The fourth-order valence-corrected chi connectivity index (χ4v) is 1.66. The average molecular weight is 343 g/mol. The van der Waals surface area contributed by atoms with Gasteiger partial charge in [-0.3, -0.25) is 0 Å². The maximum absolute atomic E-state index is 5.82. The molecule has 0 atom stereocenters. The Bertz CT molecular complexity index is 520. The molecular formula is C10H10IN5O. The van der Waals surface area contributed by atoms with Crippen LogP contribution in [0.3, 0.4) is 0 Å². The van der Waals surface area contributed by atoms with Crippen molar-refractivity contribution in [3.63, 3.8) is 0 Å². The van der Waals surface area contributed by atoms with Crippen molar-refractivity contribution in [2.75, 3.05) is 12.8 Å². The van der Waals surface area contributed by atoms with E-state index < -0.39 is 0 Å². The minimum atomic E-state index is 0.380. The van der Waals surface area contributed by atoms with Crippen molar-refractivity contribution in [2.45, 2.75) is 6.61 Å². The number of nitrogens with two attached hydrogens (primary N) is 1. The van der Waals surface area contributed by atoms with E-state index in [9.17, 15) is 0 Å². The zero-order valence-electron chi connectivity index (χ0n) is 9.09. The van der Waals surface area contributed by atoms with Crippen molar-refractivity contribution in [1.82, 2.24) is 19.9 Å². The second-order valence-electron chi connectivity index (χ2n) is 3.20. The second-order valence-corrected chi connectivity index (χ2v) is 4.28. The molecule has 0 aromatic carbocycles. The van der Waals surface area contributed by atoms with Crippen LogP contribution < -0.4 is 5.73 Å². The van der Waals surface area contributed by atoms with Crippen LogP contribution in [0.25, 0.3) is 11.6 Å². The van der Waals surface area contributed by atoms with Crippen LogP contribution in [-0.4, -0.2) is 27.0 Å². The first-order chi connectivity index (χ1) is 8.22. The van der Waals surface area contributed by atoms with E-state index in [1.807, 2.05) is 0 Å². The molecule has 7 heteroatoms. The molecule has 0 spiro atoms. The predicted molar refractivity (Wildman–Crippen MR) is 70.9 cm³/mol. The molecule has 88 valence electrons. The smallest absolute Gasteiger partial charge is 0.200 e. The van der Waals surface area contributed by atoms with Gasteiger partial charge in [-0.25, -0.2) is 19.9 Å². The molecule has 0 unspecified atom stereocenters. The van der Waals surface area contributed by atoms with Crippen molar-refractivity contribution in [1.29, 1.82) is 0 Å². The fourth-order valence-electron chi connectivity index (χ4n) is 1.26. The summed E-state index contributed by atoms with van der Waals surface area (Å²) in [5, 5.41) is 0. The number of nitrogen functional groups attached to an aromatic ring is 1. The highest BCUT2D eigenvalue weighted by Gasteiger charge is 2.12. The van der Waals surface area contributed by atoms with Gasteiger partial charge in [0.1, 0.15) is 5.82 Å². The van der Waals surface area contributed by atoms with E-state index in [2.05, 4.69) is 42.5 Å². The zero-order chi connectivity index (χ0) is 12.3. The summed E-state index contributed by atoms with van der Waals surface area (Å²) in [6.45, 7) is 0.380. The molecule has 0 saturated heterocycles. The van der Waals surface area contributed by atoms with Gasteiger partial charge in [0.15, 0.2) is 11.6 Å². The van der Waals surface area contributed by atoms with E-state index in [4.69, 9.17) is 10.5 Å². The lowest BCUT2D eigenvalue weighted by Gasteiger charge is -2.07. The molecule has 0 radical (unpaired) electrons. The SMILES string of the molecule is COCc1nc(-c2ncccn2)nc(N)c1I. The Morgan fingerprint density at radius 1 is 1.24 bits per heavy atom. The Morgan fingerprint density at radius 2 is 1.94 bits per heavy atom. The third kappa shape index (κ3) is 2.67. The quantitative estimate of drug-likeness (QED) is 0.845. The van der Waals surface area contributed by atoms with E-state index in [1.54, 1.807) is 25.6 Å². The number of ether oxygens (including phenoxy) is 1. The van der Waals surface area contributed by atoms with Crippen molar-refractivity contribution in [2.24, 2.45) is 0 Å². The third-order valence-electron chi connectivity index (χ3n) is 1.99. The largest absolute Gasteiger partial charge is 0.383 e. The van der Waals surface area contributed by atoms with Gasteiger partial charge >= 0.3 is 0 Å². The van der Waals surface area contributed by atoms with E-state index in [0.29, 0.717) is 24.1 Å². The molecule has 2 aromatic heterocycles. The molecule has 0 aliphatic carbocycles. The Labute approximate surface area is 112 Å². The van der Waals surface area contributed by atoms with Crippen LogP contribution in [0.1, 0.15) is 5.69 Å². The Kier molecular flexibility index (Phi) is 3.79. The van der Waals surface area contributed by atoms with Crippen LogP contribution in [-0.2, 0) is 11.3 Å². The van der Waals surface area contributed by atoms with Crippen molar-refractivity contribution in [3.8, 4) is 11.6 Å². The number of aromatic nitrogens is 4. The molecule has 2 rings (SSSR count). The topological polar surface area (TPSA) is 86.8 Å². The maximum atomic E-state index is 5.82. The van der Waals surface area contributed by atoms with Gasteiger partial charge < -0.3 is 10.5 Å². The summed E-state index contributed by atoms with van der Waals surface area (Å²) >= 11 is 2.09. The molecule has 0 amide bonds. The Morgan fingerprint density at radius 3 is 2.59 bits per heavy atom. The van der Waals surface area contributed by atoms with Gasteiger partial charge in [0.05, 0.1) is 15.9 Å². The summed E-state index contributed by atoms with van der Waals surface area (Å²) in [6, 6.07) is 1.73. The first kappa shape index (κ1) is 12.1. The summed E-state index contributed by atoms with van der Waals surface area (Å²) < 4.78 is 5.86. The van der Waals surface area contributed by atoms with Crippen LogP contribution in [0.5, 0.6) is 0 Å². The lowest BCUT2D eigenvalue weighted by Crippen LogP contribution is -2.07. The predicted octanol–water partition coefficient (Wildman–Crippen LogP) is 1.27. The standard InChI is InChI=1S/C10H10IN5O/c1-17-5-6-7(11)8(12)16-10(15-6)9-13-3-2-4-14-9/h2-4H,5H2,1H3,(H2,12,15,16). The Balaban J connectivity index is 2.49. The molecule has 0 aliphatic rings.